The van der Waals surface area contributed by atoms with Gasteiger partial charge >= 0.3 is 5.97 Å². The second-order valence-corrected chi connectivity index (χ2v) is 5.88. The topological polar surface area (TPSA) is 46.5 Å². The summed E-state index contributed by atoms with van der Waals surface area (Å²) in [6.45, 7) is 2.12. The minimum atomic E-state index is -0.426. The third-order valence-electron chi connectivity index (χ3n) is 3.76. The minimum absolute atomic E-state index is 0.0964. The Morgan fingerprint density at radius 2 is 1.59 bits per heavy atom. The van der Waals surface area contributed by atoms with Gasteiger partial charge in [0, 0.05) is 12.8 Å². The first-order chi connectivity index (χ1) is 10.7. The summed E-state index contributed by atoms with van der Waals surface area (Å²) in [6.07, 6.45) is 13.4. The maximum absolute atomic E-state index is 10.9. The van der Waals surface area contributed by atoms with E-state index in [2.05, 4.69) is 23.5 Å². The Morgan fingerprint density at radius 1 is 1.00 bits per heavy atom. The summed E-state index contributed by atoms with van der Waals surface area (Å²) in [7, 11) is 1.44. The van der Waals surface area contributed by atoms with Crippen LogP contribution in [-0.2, 0) is 9.53 Å². The lowest BCUT2D eigenvalue weighted by atomic mass is 10.1. The van der Waals surface area contributed by atoms with E-state index < -0.39 is 6.10 Å². The van der Waals surface area contributed by atoms with Gasteiger partial charge in [-0.05, 0) is 19.3 Å². The molecule has 0 spiro atoms. The molecule has 0 heterocycles. The molecule has 0 aromatic heterocycles. The molecule has 0 unspecified atom stereocenters. The monoisotopic (exact) mass is 310 g/mol. The molecule has 0 aromatic rings. The van der Waals surface area contributed by atoms with Gasteiger partial charge in [-0.2, -0.15) is 0 Å². The molecule has 0 aromatic carbocycles. The first-order valence-corrected chi connectivity index (χ1v) is 8.94. The van der Waals surface area contributed by atoms with E-state index in [4.69, 9.17) is 0 Å². The summed E-state index contributed by atoms with van der Waals surface area (Å²) in [5.74, 6) is 5.91. The smallest absolute Gasteiger partial charge is 0.305 e. The van der Waals surface area contributed by atoms with Gasteiger partial charge in [0.2, 0.25) is 0 Å². The van der Waals surface area contributed by atoms with Crippen molar-refractivity contribution in [2.24, 2.45) is 0 Å². The Kier molecular flexibility index (Phi) is 15.6. The van der Waals surface area contributed by atoms with Crippen LogP contribution in [0.1, 0.15) is 90.4 Å². The van der Waals surface area contributed by atoms with Gasteiger partial charge in [0.15, 0.2) is 0 Å². The summed E-state index contributed by atoms with van der Waals surface area (Å²) >= 11 is 0. The van der Waals surface area contributed by atoms with Crippen molar-refractivity contribution in [3.05, 3.63) is 0 Å². The van der Waals surface area contributed by atoms with Crippen LogP contribution in [0.5, 0.6) is 0 Å². The van der Waals surface area contributed by atoms with Crippen molar-refractivity contribution in [3.63, 3.8) is 0 Å². The SMILES string of the molecule is CCCC[C@@H](O)C#CCCCCCCCCCCC(=O)OC. The van der Waals surface area contributed by atoms with Crippen LogP contribution >= 0.6 is 0 Å². The fraction of sp³-hybridized carbons (Fsp3) is 0.842. The molecule has 0 amide bonds. The molecule has 0 saturated carbocycles. The normalized spacial score (nSPS) is 11.6. The Balaban J connectivity index is 3.24. The van der Waals surface area contributed by atoms with Crippen LogP contribution in [-0.4, -0.2) is 24.3 Å². The Labute approximate surface area is 136 Å². The summed E-state index contributed by atoms with van der Waals surface area (Å²) in [5.41, 5.74) is 0. The minimum Gasteiger partial charge on any atom is -0.469 e. The van der Waals surface area contributed by atoms with E-state index in [9.17, 15) is 9.90 Å². The predicted molar refractivity (Wildman–Crippen MR) is 91.5 cm³/mol. The van der Waals surface area contributed by atoms with Crippen molar-refractivity contribution < 1.29 is 14.6 Å². The molecule has 0 saturated heterocycles. The van der Waals surface area contributed by atoms with Crippen molar-refractivity contribution in [2.75, 3.05) is 7.11 Å². The Bertz CT molecular complexity index is 314. The van der Waals surface area contributed by atoms with Crippen LogP contribution in [0.15, 0.2) is 0 Å². The molecule has 1 N–H and O–H groups in total. The van der Waals surface area contributed by atoms with E-state index >= 15 is 0 Å². The number of aliphatic hydroxyl groups is 1. The molecule has 1 atom stereocenters. The lowest BCUT2D eigenvalue weighted by Crippen LogP contribution is -2.01. The number of carbonyl (C=O) groups is 1. The van der Waals surface area contributed by atoms with Crippen molar-refractivity contribution in [3.8, 4) is 11.8 Å². The quantitative estimate of drug-likeness (QED) is 0.307. The zero-order valence-corrected chi connectivity index (χ0v) is 14.5. The third kappa shape index (κ3) is 15.4. The van der Waals surface area contributed by atoms with Gasteiger partial charge in [-0.1, -0.05) is 64.2 Å². The number of ether oxygens (including phenoxy) is 1. The molecule has 0 aliphatic rings. The molecule has 0 rings (SSSR count). The summed E-state index contributed by atoms with van der Waals surface area (Å²) in [4.78, 5) is 10.9. The zero-order valence-electron chi connectivity index (χ0n) is 14.5. The molecule has 128 valence electrons. The van der Waals surface area contributed by atoms with Gasteiger partial charge in [-0.25, -0.2) is 0 Å². The fourth-order valence-corrected chi connectivity index (χ4v) is 2.31. The maximum Gasteiger partial charge on any atom is 0.305 e. The van der Waals surface area contributed by atoms with Gasteiger partial charge in [0.05, 0.1) is 7.11 Å². The number of carbonyl (C=O) groups excluding carboxylic acids is 1. The molecule has 22 heavy (non-hydrogen) atoms. The lowest BCUT2D eigenvalue weighted by molar-refractivity contribution is -0.140. The summed E-state index contributed by atoms with van der Waals surface area (Å²) in [5, 5.41) is 9.57. The number of rotatable bonds is 13. The molecule has 0 radical (unpaired) electrons. The Morgan fingerprint density at radius 3 is 2.18 bits per heavy atom. The van der Waals surface area contributed by atoms with E-state index in [-0.39, 0.29) is 5.97 Å². The molecule has 0 aliphatic carbocycles. The van der Waals surface area contributed by atoms with Crippen LogP contribution in [0.2, 0.25) is 0 Å². The van der Waals surface area contributed by atoms with Gasteiger partial charge in [-0.15, -0.1) is 5.92 Å². The highest BCUT2D eigenvalue weighted by Gasteiger charge is 1.99. The molecule has 3 heteroatoms. The summed E-state index contributed by atoms with van der Waals surface area (Å²) < 4.78 is 4.61. The first kappa shape index (κ1) is 21.0. The second-order valence-electron chi connectivity index (χ2n) is 5.88. The van der Waals surface area contributed by atoms with Crippen LogP contribution in [0.3, 0.4) is 0 Å². The van der Waals surface area contributed by atoms with Crippen LogP contribution < -0.4 is 0 Å². The van der Waals surface area contributed by atoms with Gasteiger partial charge in [0.25, 0.3) is 0 Å². The highest BCUT2D eigenvalue weighted by Crippen LogP contribution is 2.10. The molecule has 3 nitrogen and oxygen atoms in total. The number of aliphatic hydroxyl groups excluding tert-OH is 1. The van der Waals surface area contributed by atoms with E-state index in [0.717, 1.165) is 44.9 Å². The first-order valence-electron chi connectivity index (χ1n) is 8.94. The van der Waals surface area contributed by atoms with Gasteiger partial charge in [0.1, 0.15) is 6.10 Å². The summed E-state index contributed by atoms with van der Waals surface area (Å²) in [6, 6.07) is 0. The number of methoxy groups -OCH3 is 1. The van der Waals surface area contributed by atoms with Gasteiger partial charge < -0.3 is 9.84 Å². The molecule has 0 fully saturated rings. The number of hydrogen-bond donors (Lipinski definition) is 1. The van der Waals surface area contributed by atoms with Crippen LogP contribution in [0.4, 0.5) is 0 Å². The highest BCUT2D eigenvalue weighted by atomic mass is 16.5. The molecular weight excluding hydrogens is 276 g/mol. The average Bonchev–Trinajstić information content (AvgIpc) is 2.53. The number of unbranched alkanes of at least 4 members (excludes halogenated alkanes) is 9. The van der Waals surface area contributed by atoms with E-state index in [1.807, 2.05) is 0 Å². The number of esters is 1. The van der Waals surface area contributed by atoms with Crippen LogP contribution in [0, 0.1) is 11.8 Å². The highest BCUT2D eigenvalue weighted by molar-refractivity contribution is 5.68. The molecule has 0 bridgehead atoms. The van der Waals surface area contributed by atoms with Crippen molar-refractivity contribution >= 4 is 5.97 Å². The predicted octanol–water partition coefficient (Wildman–Crippen LogP) is 4.61. The van der Waals surface area contributed by atoms with Crippen molar-refractivity contribution in [1.29, 1.82) is 0 Å². The Hall–Kier alpha value is -1.01. The molecule has 0 aliphatic heterocycles. The van der Waals surface area contributed by atoms with E-state index in [1.54, 1.807) is 0 Å². The standard InChI is InChI=1S/C19H34O3/c1-3-4-15-18(20)16-13-11-9-7-5-6-8-10-12-14-17-19(21)22-2/h18,20H,3-12,14-15,17H2,1-2H3/t18-/m1/s1. The average molecular weight is 310 g/mol. The lowest BCUT2D eigenvalue weighted by Gasteiger charge is -2.02. The van der Waals surface area contributed by atoms with E-state index in [0.29, 0.717) is 6.42 Å². The van der Waals surface area contributed by atoms with Crippen molar-refractivity contribution in [2.45, 2.75) is 96.5 Å². The van der Waals surface area contributed by atoms with E-state index in [1.165, 1.54) is 39.2 Å². The third-order valence-corrected chi connectivity index (χ3v) is 3.76. The second kappa shape index (κ2) is 16.4. The number of hydrogen-bond acceptors (Lipinski definition) is 3. The molecular formula is C19H34O3. The largest absolute Gasteiger partial charge is 0.469 e. The van der Waals surface area contributed by atoms with Gasteiger partial charge in [-0.3, -0.25) is 4.79 Å². The fourth-order valence-electron chi connectivity index (χ4n) is 2.31. The van der Waals surface area contributed by atoms with Crippen molar-refractivity contribution in [1.82, 2.24) is 0 Å². The van der Waals surface area contributed by atoms with Crippen LogP contribution in [0.25, 0.3) is 0 Å². The zero-order chi connectivity index (χ0) is 16.5. The maximum atomic E-state index is 10.9.